The Morgan fingerprint density at radius 3 is 2.35 bits per heavy atom. The Morgan fingerprint density at radius 1 is 1.30 bits per heavy atom. The molecule has 114 valence electrons. The molecule has 2 aliphatic carbocycles. The molecule has 20 heavy (non-hydrogen) atoms. The van der Waals surface area contributed by atoms with Crippen molar-refractivity contribution in [1.82, 2.24) is 0 Å². The van der Waals surface area contributed by atoms with Crippen molar-refractivity contribution in [2.24, 2.45) is 23.7 Å². The molecule has 0 aromatic carbocycles. The minimum absolute atomic E-state index is 0.0993. The molecular formula is C16H26O4. The Hall–Kier alpha value is -1.32. The molecule has 0 aromatic heterocycles. The second kappa shape index (κ2) is 7.46. The van der Waals surface area contributed by atoms with E-state index in [2.05, 4.69) is 11.3 Å². The van der Waals surface area contributed by atoms with E-state index in [1.807, 2.05) is 13.8 Å². The topological polar surface area (TPSA) is 52.6 Å². The molecule has 4 unspecified atom stereocenters. The van der Waals surface area contributed by atoms with Crippen molar-refractivity contribution in [1.29, 1.82) is 0 Å². The van der Waals surface area contributed by atoms with E-state index in [1.54, 1.807) is 6.92 Å². The molecule has 2 saturated carbocycles. The fourth-order valence-electron chi connectivity index (χ4n) is 3.47. The number of carbonyl (C=O) groups is 2. The molecular weight excluding hydrogens is 256 g/mol. The van der Waals surface area contributed by atoms with Crippen LogP contribution in [0.4, 0.5) is 0 Å². The van der Waals surface area contributed by atoms with E-state index in [0.717, 1.165) is 12.5 Å². The van der Waals surface area contributed by atoms with Crippen LogP contribution in [0.1, 0.15) is 40.0 Å². The normalized spacial score (nSPS) is 32.1. The van der Waals surface area contributed by atoms with Gasteiger partial charge in [0, 0.05) is 11.5 Å². The quantitative estimate of drug-likeness (QED) is 0.548. The van der Waals surface area contributed by atoms with Crippen molar-refractivity contribution in [2.75, 3.05) is 13.7 Å². The average Bonchev–Trinajstić information content (AvgIpc) is 3.15. The van der Waals surface area contributed by atoms with E-state index in [4.69, 9.17) is 4.74 Å². The first kappa shape index (κ1) is 16.7. The third-order valence-corrected chi connectivity index (χ3v) is 4.31. The molecule has 3 rings (SSSR count). The number of methoxy groups -OCH3 is 1. The molecule has 2 bridgehead atoms. The van der Waals surface area contributed by atoms with E-state index >= 15 is 0 Å². The molecule has 1 aliphatic heterocycles. The summed E-state index contributed by atoms with van der Waals surface area (Å²) < 4.78 is 9.33. The Labute approximate surface area is 121 Å². The average molecular weight is 282 g/mol. The van der Waals surface area contributed by atoms with Crippen LogP contribution in [0.25, 0.3) is 0 Å². The summed E-state index contributed by atoms with van der Waals surface area (Å²) in [6, 6.07) is 0. The number of carbonyl (C=O) groups excluding carboxylic acids is 2. The number of fused-ring (bicyclic) bond motifs is 5. The number of hydrogen-bond donors (Lipinski definition) is 0. The maximum atomic E-state index is 11.2. The van der Waals surface area contributed by atoms with Gasteiger partial charge in [0.1, 0.15) is 0 Å². The standard InChI is InChI=1S/C9H12O2.C5H8O2.C2H6/c10-9-8-6-2-1-5(3-6)7(8)4-11-9;1-4(2)5(6)7-3;1-2/h5-8H,1-4H2;1H2,2-3H3;1-2H3. The van der Waals surface area contributed by atoms with Crippen LogP contribution < -0.4 is 0 Å². The van der Waals surface area contributed by atoms with E-state index in [-0.39, 0.29) is 11.9 Å². The van der Waals surface area contributed by atoms with Crippen LogP contribution in [-0.2, 0) is 19.1 Å². The third-order valence-electron chi connectivity index (χ3n) is 4.31. The zero-order valence-corrected chi connectivity index (χ0v) is 13.0. The summed E-state index contributed by atoms with van der Waals surface area (Å²) in [7, 11) is 1.33. The highest BCUT2D eigenvalue weighted by molar-refractivity contribution is 5.86. The molecule has 0 amide bonds. The van der Waals surface area contributed by atoms with Crippen molar-refractivity contribution >= 4 is 11.9 Å². The Balaban J connectivity index is 0.000000196. The van der Waals surface area contributed by atoms with Crippen LogP contribution in [-0.4, -0.2) is 25.7 Å². The predicted molar refractivity (Wildman–Crippen MR) is 76.9 cm³/mol. The van der Waals surface area contributed by atoms with Crippen molar-refractivity contribution in [2.45, 2.75) is 40.0 Å². The molecule has 0 spiro atoms. The van der Waals surface area contributed by atoms with Gasteiger partial charge in [0.15, 0.2) is 0 Å². The van der Waals surface area contributed by atoms with Crippen LogP contribution in [0, 0.1) is 23.7 Å². The SMILES string of the molecule is C=C(C)C(=O)OC.CC.O=C1OCC2C3CCC(C3)C12. The smallest absolute Gasteiger partial charge is 0.332 e. The summed E-state index contributed by atoms with van der Waals surface area (Å²) in [5.41, 5.74) is 0.433. The summed E-state index contributed by atoms with van der Waals surface area (Å²) >= 11 is 0. The fourth-order valence-corrected chi connectivity index (χ4v) is 3.47. The van der Waals surface area contributed by atoms with Gasteiger partial charge in [-0.15, -0.1) is 0 Å². The number of hydrogen-bond acceptors (Lipinski definition) is 4. The van der Waals surface area contributed by atoms with E-state index in [1.165, 1.54) is 26.4 Å². The Bertz CT molecular complexity index is 375. The van der Waals surface area contributed by atoms with Crippen molar-refractivity contribution in [3.8, 4) is 0 Å². The summed E-state index contributed by atoms with van der Waals surface area (Å²) in [6.07, 6.45) is 3.94. The van der Waals surface area contributed by atoms with E-state index < -0.39 is 0 Å². The molecule has 3 aliphatic rings. The number of cyclic esters (lactones) is 1. The molecule has 0 N–H and O–H groups in total. The van der Waals surface area contributed by atoms with Crippen molar-refractivity contribution in [3.05, 3.63) is 12.2 Å². The maximum absolute atomic E-state index is 11.2. The van der Waals surface area contributed by atoms with Crippen LogP contribution in [0.2, 0.25) is 0 Å². The second-order valence-corrected chi connectivity index (χ2v) is 5.42. The highest BCUT2D eigenvalue weighted by atomic mass is 16.5. The maximum Gasteiger partial charge on any atom is 0.332 e. The summed E-state index contributed by atoms with van der Waals surface area (Å²) in [4.78, 5) is 21.4. The largest absolute Gasteiger partial charge is 0.466 e. The summed E-state index contributed by atoms with van der Waals surface area (Å²) in [5, 5.41) is 0. The Kier molecular flexibility index (Phi) is 6.24. The second-order valence-electron chi connectivity index (χ2n) is 5.42. The van der Waals surface area contributed by atoms with Gasteiger partial charge in [-0.25, -0.2) is 4.79 Å². The molecule has 4 nitrogen and oxygen atoms in total. The van der Waals surface area contributed by atoms with Gasteiger partial charge in [-0.3, -0.25) is 4.79 Å². The number of ether oxygens (including phenoxy) is 2. The number of esters is 2. The first-order valence-electron chi connectivity index (χ1n) is 7.45. The van der Waals surface area contributed by atoms with E-state index in [0.29, 0.717) is 23.3 Å². The monoisotopic (exact) mass is 282 g/mol. The van der Waals surface area contributed by atoms with Gasteiger partial charge in [0.2, 0.25) is 0 Å². The van der Waals surface area contributed by atoms with Gasteiger partial charge in [-0.2, -0.15) is 0 Å². The molecule has 0 aromatic rings. The minimum atomic E-state index is -0.347. The lowest BCUT2D eigenvalue weighted by molar-refractivity contribution is -0.142. The minimum Gasteiger partial charge on any atom is -0.466 e. The van der Waals surface area contributed by atoms with Gasteiger partial charge in [-0.05, 0) is 38.0 Å². The fraction of sp³-hybridized carbons (Fsp3) is 0.750. The molecule has 4 heteroatoms. The van der Waals surface area contributed by atoms with Crippen molar-refractivity contribution < 1.29 is 19.1 Å². The van der Waals surface area contributed by atoms with Crippen LogP contribution in [0.3, 0.4) is 0 Å². The molecule has 3 fully saturated rings. The molecule has 1 heterocycles. The van der Waals surface area contributed by atoms with Crippen LogP contribution in [0.5, 0.6) is 0 Å². The molecule has 1 saturated heterocycles. The lowest BCUT2D eigenvalue weighted by atomic mass is 9.81. The molecule has 4 atom stereocenters. The van der Waals surface area contributed by atoms with Crippen molar-refractivity contribution in [3.63, 3.8) is 0 Å². The highest BCUT2D eigenvalue weighted by Gasteiger charge is 2.54. The van der Waals surface area contributed by atoms with Gasteiger partial charge >= 0.3 is 11.9 Å². The Morgan fingerprint density at radius 2 is 1.90 bits per heavy atom. The lowest BCUT2D eigenvalue weighted by Crippen LogP contribution is -2.22. The van der Waals surface area contributed by atoms with Gasteiger partial charge in [-0.1, -0.05) is 20.4 Å². The van der Waals surface area contributed by atoms with Gasteiger partial charge < -0.3 is 9.47 Å². The molecule has 0 radical (unpaired) electrons. The third kappa shape index (κ3) is 3.41. The zero-order valence-electron chi connectivity index (χ0n) is 13.0. The number of rotatable bonds is 1. The van der Waals surface area contributed by atoms with Gasteiger partial charge in [0.25, 0.3) is 0 Å². The van der Waals surface area contributed by atoms with E-state index in [9.17, 15) is 9.59 Å². The predicted octanol–water partition coefficient (Wildman–Crippen LogP) is 2.97. The zero-order chi connectivity index (χ0) is 15.3. The highest BCUT2D eigenvalue weighted by Crippen LogP contribution is 2.54. The van der Waals surface area contributed by atoms with Crippen LogP contribution >= 0.6 is 0 Å². The first-order valence-corrected chi connectivity index (χ1v) is 7.45. The van der Waals surface area contributed by atoms with Gasteiger partial charge in [0.05, 0.1) is 19.6 Å². The van der Waals surface area contributed by atoms with Crippen LogP contribution in [0.15, 0.2) is 12.2 Å². The summed E-state index contributed by atoms with van der Waals surface area (Å²) in [5.74, 6) is 2.20. The lowest BCUT2D eigenvalue weighted by Gasteiger charge is -2.19. The first-order chi connectivity index (χ1) is 9.54. The summed E-state index contributed by atoms with van der Waals surface area (Å²) in [6.45, 7) is 9.68.